The molecule has 1 unspecified atom stereocenters. The Kier molecular flexibility index (Phi) is 6.87. The summed E-state index contributed by atoms with van der Waals surface area (Å²) in [5.74, 6) is 2.20. The van der Waals surface area contributed by atoms with Crippen LogP contribution in [0.5, 0.6) is 0 Å². The van der Waals surface area contributed by atoms with Gasteiger partial charge in [-0.25, -0.2) is 0 Å². The highest BCUT2D eigenvalue weighted by atomic mass is 32.2. The van der Waals surface area contributed by atoms with Gasteiger partial charge in [-0.3, -0.25) is 14.5 Å². The maximum absolute atomic E-state index is 13.1. The maximum atomic E-state index is 13.1. The molecule has 156 valence electrons. The SMILES string of the molecule is CCn1nc(C(=O)N2CCSCC2)c2c1CCC(NCCCc1ccncc1)C2. The van der Waals surface area contributed by atoms with E-state index in [1.165, 1.54) is 16.8 Å². The number of rotatable bonds is 7. The number of hydrogen-bond donors (Lipinski definition) is 1. The topological polar surface area (TPSA) is 63.1 Å². The molecule has 0 spiro atoms. The molecule has 2 aliphatic rings. The fourth-order valence-corrected chi connectivity index (χ4v) is 5.26. The molecule has 0 aromatic carbocycles. The molecule has 0 bridgehead atoms. The van der Waals surface area contributed by atoms with E-state index < -0.39 is 0 Å². The molecule has 3 heterocycles. The van der Waals surface area contributed by atoms with Gasteiger partial charge in [-0.2, -0.15) is 16.9 Å². The van der Waals surface area contributed by atoms with Crippen LogP contribution in [-0.2, 0) is 25.8 Å². The predicted molar refractivity (Wildman–Crippen MR) is 118 cm³/mol. The molecule has 0 saturated carbocycles. The van der Waals surface area contributed by atoms with Crippen molar-refractivity contribution >= 4 is 17.7 Å². The molecule has 1 aliphatic carbocycles. The number of fused-ring (bicyclic) bond motifs is 1. The zero-order chi connectivity index (χ0) is 20.1. The quantitative estimate of drug-likeness (QED) is 0.707. The third kappa shape index (κ3) is 4.83. The third-order valence-electron chi connectivity index (χ3n) is 5.97. The van der Waals surface area contributed by atoms with Crippen LogP contribution in [0.4, 0.5) is 0 Å². The van der Waals surface area contributed by atoms with Gasteiger partial charge in [0.05, 0.1) is 0 Å². The lowest BCUT2D eigenvalue weighted by Gasteiger charge is -2.27. The molecule has 1 amide bonds. The van der Waals surface area contributed by atoms with E-state index in [9.17, 15) is 4.79 Å². The highest BCUT2D eigenvalue weighted by molar-refractivity contribution is 7.99. The summed E-state index contributed by atoms with van der Waals surface area (Å²) in [5.41, 5.74) is 4.51. The van der Waals surface area contributed by atoms with Gasteiger partial charge in [0.2, 0.25) is 0 Å². The Hall–Kier alpha value is -1.86. The Labute approximate surface area is 177 Å². The number of amides is 1. The minimum Gasteiger partial charge on any atom is -0.336 e. The lowest BCUT2D eigenvalue weighted by Crippen LogP contribution is -2.39. The average molecular weight is 414 g/mol. The summed E-state index contributed by atoms with van der Waals surface area (Å²) < 4.78 is 2.06. The average Bonchev–Trinajstić information content (AvgIpc) is 3.15. The van der Waals surface area contributed by atoms with Crippen molar-refractivity contribution in [2.75, 3.05) is 31.1 Å². The first-order valence-corrected chi connectivity index (χ1v) is 12.0. The summed E-state index contributed by atoms with van der Waals surface area (Å²) in [6.07, 6.45) is 8.92. The van der Waals surface area contributed by atoms with E-state index in [4.69, 9.17) is 5.10 Å². The lowest BCUT2D eigenvalue weighted by atomic mass is 9.91. The van der Waals surface area contributed by atoms with Crippen molar-refractivity contribution in [3.8, 4) is 0 Å². The van der Waals surface area contributed by atoms with Crippen LogP contribution in [0.25, 0.3) is 0 Å². The molecule has 1 fully saturated rings. The van der Waals surface area contributed by atoms with Crippen molar-refractivity contribution in [1.29, 1.82) is 0 Å². The number of aryl methyl sites for hydroxylation is 2. The number of aromatic nitrogens is 3. The van der Waals surface area contributed by atoms with Gasteiger partial charge in [-0.15, -0.1) is 0 Å². The Morgan fingerprint density at radius 1 is 1.28 bits per heavy atom. The minimum atomic E-state index is 0.132. The summed E-state index contributed by atoms with van der Waals surface area (Å²) in [7, 11) is 0. The van der Waals surface area contributed by atoms with E-state index in [1.807, 2.05) is 29.1 Å². The normalized spacial score (nSPS) is 19.2. The third-order valence-corrected chi connectivity index (χ3v) is 6.91. The Morgan fingerprint density at radius 2 is 2.07 bits per heavy atom. The van der Waals surface area contributed by atoms with Gasteiger partial charge in [0.15, 0.2) is 5.69 Å². The summed E-state index contributed by atoms with van der Waals surface area (Å²) in [6, 6.07) is 4.60. The molecule has 1 N–H and O–H groups in total. The summed E-state index contributed by atoms with van der Waals surface area (Å²) >= 11 is 1.93. The molecule has 1 saturated heterocycles. The Morgan fingerprint density at radius 3 is 2.83 bits per heavy atom. The lowest BCUT2D eigenvalue weighted by molar-refractivity contribution is 0.0764. The van der Waals surface area contributed by atoms with Crippen molar-refractivity contribution in [3.63, 3.8) is 0 Å². The zero-order valence-electron chi connectivity index (χ0n) is 17.3. The number of carbonyl (C=O) groups excluding carboxylic acids is 1. The van der Waals surface area contributed by atoms with Crippen molar-refractivity contribution in [2.24, 2.45) is 0 Å². The first-order valence-electron chi connectivity index (χ1n) is 10.8. The molecule has 6 nitrogen and oxygen atoms in total. The second-order valence-electron chi connectivity index (χ2n) is 7.85. The van der Waals surface area contributed by atoms with Crippen LogP contribution in [0, 0.1) is 0 Å². The van der Waals surface area contributed by atoms with E-state index in [1.54, 1.807) is 0 Å². The molecule has 7 heteroatoms. The van der Waals surface area contributed by atoms with Crippen LogP contribution in [-0.4, -0.2) is 62.8 Å². The van der Waals surface area contributed by atoms with Crippen LogP contribution in [0.2, 0.25) is 0 Å². The number of carbonyl (C=O) groups is 1. The monoisotopic (exact) mass is 413 g/mol. The number of pyridine rings is 1. The van der Waals surface area contributed by atoms with Gasteiger partial charge < -0.3 is 10.2 Å². The molecular weight excluding hydrogens is 382 g/mol. The maximum Gasteiger partial charge on any atom is 0.274 e. The van der Waals surface area contributed by atoms with Crippen LogP contribution in [0.15, 0.2) is 24.5 Å². The van der Waals surface area contributed by atoms with E-state index >= 15 is 0 Å². The number of hydrogen-bond acceptors (Lipinski definition) is 5. The smallest absolute Gasteiger partial charge is 0.274 e. The van der Waals surface area contributed by atoms with Crippen LogP contribution < -0.4 is 5.32 Å². The zero-order valence-corrected chi connectivity index (χ0v) is 18.1. The van der Waals surface area contributed by atoms with Crippen molar-refractivity contribution < 1.29 is 4.79 Å². The molecule has 2 aromatic heterocycles. The summed E-state index contributed by atoms with van der Waals surface area (Å²) in [6.45, 7) is 5.62. The Bertz CT molecular complexity index is 816. The van der Waals surface area contributed by atoms with Crippen molar-refractivity contribution in [2.45, 2.75) is 51.6 Å². The molecular formula is C22H31N5OS. The Balaban J connectivity index is 1.38. The predicted octanol–water partition coefficient (Wildman–Crippen LogP) is 2.57. The minimum absolute atomic E-state index is 0.132. The fourth-order valence-electron chi connectivity index (χ4n) is 4.36. The molecule has 0 radical (unpaired) electrons. The summed E-state index contributed by atoms with van der Waals surface area (Å²) in [5, 5.41) is 8.47. The molecule has 4 rings (SSSR count). The van der Waals surface area contributed by atoms with Crippen molar-refractivity contribution in [1.82, 2.24) is 25.0 Å². The summed E-state index contributed by atoms with van der Waals surface area (Å²) in [4.78, 5) is 19.2. The van der Waals surface area contributed by atoms with Gasteiger partial charge in [-0.1, -0.05) is 0 Å². The highest BCUT2D eigenvalue weighted by Gasteiger charge is 2.31. The highest BCUT2D eigenvalue weighted by Crippen LogP contribution is 2.26. The van der Waals surface area contributed by atoms with E-state index in [-0.39, 0.29) is 5.91 Å². The standard InChI is InChI=1S/C22H31N5OS/c1-2-27-20-6-5-18(24-9-3-4-17-7-10-23-11-8-17)16-19(20)21(25-27)22(28)26-12-14-29-15-13-26/h7-8,10-11,18,24H,2-6,9,12-16H2,1H3. The van der Waals surface area contributed by atoms with E-state index in [0.29, 0.717) is 11.7 Å². The fraction of sp³-hybridized carbons (Fsp3) is 0.591. The second kappa shape index (κ2) is 9.76. The molecule has 1 atom stereocenters. The van der Waals surface area contributed by atoms with Crippen molar-refractivity contribution in [3.05, 3.63) is 47.0 Å². The van der Waals surface area contributed by atoms with Gasteiger partial charge >= 0.3 is 0 Å². The van der Waals surface area contributed by atoms with Gasteiger partial charge in [0.25, 0.3) is 5.91 Å². The van der Waals surface area contributed by atoms with E-state index in [0.717, 1.165) is 69.8 Å². The largest absolute Gasteiger partial charge is 0.336 e. The van der Waals surface area contributed by atoms with Crippen LogP contribution >= 0.6 is 11.8 Å². The van der Waals surface area contributed by atoms with Gasteiger partial charge in [0.1, 0.15) is 0 Å². The second-order valence-corrected chi connectivity index (χ2v) is 9.07. The first kappa shape index (κ1) is 20.4. The van der Waals surface area contributed by atoms with Crippen LogP contribution in [0.3, 0.4) is 0 Å². The number of nitrogens with one attached hydrogen (secondary N) is 1. The molecule has 29 heavy (non-hydrogen) atoms. The molecule has 2 aromatic rings. The molecule has 1 aliphatic heterocycles. The van der Waals surface area contributed by atoms with Crippen LogP contribution in [0.1, 0.15) is 47.1 Å². The van der Waals surface area contributed by atoms with E-state index in [2.05, 4.69) is 34.0 Å². The van der Waals surface area contributed by atoms with Gasteiger partial charge in [0, 0.05) is 60.8 Å². The van der Waals surface area contributed by atoms with Gasteiger partial charge in [-0.05, 0) is 63.3 Å². The number of thioether (sulfide) groups is 1. The number of nitrogens with zero attached hydrogens (tertiary/aromatic N) is 4. The first-order chi connectivity index (χ1) is 14.3.